The quantitative estimate of drug-likeness (QED) is 0.853. The van der Waals surface area contributed by atoms with Crippen LogP contribution in [0.3, 0.4) is 0 Å². The second kappa shape index (κ2) is 4.26. The first-order valence-corrected chi connectivity index (χ1v) is 7.13. The second-order valence-corrected chi connectivity index (χ2v) is 6.55. The predicted octanol–water partition coefficient (Wildman–Crippen LogP) is 1.70. The maximum Gasteiger partial charge on any atom is 0.307 e. The Kier molecular flexibility index (Phi) is 2.81. The fourth-order valence-corrected chi connectivity index (χ4v) is 3.12. The third kappa shape index (κ3) is 2.47. The van der Waals surface area contributed by atoms with Crippen LogP contribution in [-0.2, 0) is 14.3 Å². The van der Waals surface area contributed by atoms with Crippen molar-refractivity contribution in [2.24, 2.45) is 5.92 Å². The van der Waals surface area contributed by atoms with Gasteiger partial charge in [0.25, 0.3) is 0 Å². The molecule has 1 amide bonds. The normalized spacial score (nSPS) is 25.2. The topological polar surface area (TPSA) is 81.2 Å². The Morgan fingerprint density at radius 1 is 1.42 bits per heavy atom. The standard InChI is InChI=1S/C12H15N3O3S/c1-12(2)7(5-8(16)18-12)9(17)13-11-15-14-10(19-11)6-3-4-6/h6-7H,3-5H2,1-2H3,(H,13,15,17). The summed E-state index contributed by atoms with van der Waals surface area (Å²) in [6.07, 6.45) is 2.42. The molecule has 19 heavy (non-hydrogen) atoms. The number of anilines is 1. The van der Waals surface area contributed by atoms with Crippen LogP contribution < -0.4 is 5.32 Å². The van der Waals surface area contributed by atoms with Crippen molar-refractivity contribution in [3.05, 3.63) is 5.01 Å². The van der Waals surface area contributed by atoms with Crippen molar-refractivity contribution in [2.75, 3.05) is 5.32 Å². The lowest BCUT2D eigenvalue weighted by molar-refractivity contribution is -0.147. The Morgan fingerprint density at radius 3 is 2.74 bits per heavy atom. The Hall–Kier alpha value is -1.50. The molecule has 2 fully saturated rings. The van der Waals surface area contributed by atoms with E-state index in [0.717, 1.165) is 17.8 Å². The molecule has 1 aromatic heterocycles. The zero-order chi connectivity index (χ0) is 13.6. The van der Waals surface area contributed by atoms with Gasteiger partial charge in [-0.25, -0.2) is 0 Å². The number of amides is 1. The highest BCUT2D eigenvalue weighted by Crippen LogP contribution is 2.42. The second-order valence-electron chi connectivity index (χ2n) is 5.54. The summed E-state index contributed by atoms with van der Waals surface area (Å²) in [7, 11) is 0. The van der Waals surface area contributed by atoms with Crippen molar-refractivity contribution in [1.82, 2.24) is 10.2 Å². The smallest absolute Gasteiger partial charge is 0.307 e. The van der Waals surface area contributed by atoms with Crippen molar-refractivity contribution in [2.45, 2.75) is 44.6 Å². The molecule has 1 saturated carbocycles. The Balaban J connectivity index is 1.68. The summed E-state index contributed by atoms with van der Waals surface area (Å²) < 4.78 is 5.14. The van der Waals surface area contributed by atoms with Crippen LogP contribution in [0.25, 0.3) is 0 Å². The average molecular weight is 281 g/mol. The summed E-state index contributed by atoms with van der Waals surface area (Å²) >= 11 is 1.41. The fourth-order valence-electron chi connectivity index (χ4n) is 2.20. The molecule has 0 spiro atoms. The molecule has 1 saturated heterocycles. The monoisotopic (exact) mass is 281 g/mol. The molecule has 2 aliphatic rings. The molecule has 0 radical (unpaired) electrons. The van der Waals surface area contributed by atoms with Gasteiger partial charge in [-0.1, -0.05) is 11.3 Å². The Bertz CT molecular complexity index is 536. The van der Waals surface area contributed by atoms with E-state index in [4.69, 9.17) is 4.74 Å². The largest absolute Gasteiger partial charge is 0.459 e. The lowest BCUT2D eigenvalue weighted by Crippen LogP contribution is -2.36. The zero-order valence-corrected chi connectivity index (χ0v) is 11.6. The van der Waals surface area contributed by atoms with Crippen LogP contribution >= 0.6 is 11.3 Å². The predicted molar refractivity (Wildman–Crippen MR) is 68.8 cm³/mol. The van der Waals surface area contributed by atoms with Crippen LogP contribution in [0.15, 0.2) is 0 Å². The minimum Gasteiger partial charge on any atom is -0.459 e. The highest BCUT2D eigenvalue weighted by atomic mass is 32.1. The van der Waals surface area contributed by atoms with Crippen LogP contribution in [-0.4, -0.2) is 27.7 Å². The maximum atomic E-state index is 12.2. The molecule has 1 atom stereocenters. The Labute approximate surface area is 114 Å². The molecule has 7 heteroatoms. The number of rotatable bonds is 3. The summed E-state index contributed by atoms with van der Waals surface area (Å²) in [5.74, 6) is -0.514. The molecule has 1 aromatic rings. The number of cyclic esters (lactones) is 1. The van der Waals surface area contributed by atoms with Gasteiger partial charge in [0.15, 0.2) is 0 Å². The Morgan fingerprint density at radius 2 is 2.16 bits per heavy atom. The number of aromatic nitrogens is 2. The summed E-state index contributed by atoms with van der Waals surface area (Å²) in [5.41, 5.74) is -0.759. The van der Waals surface area contributed by atoms with Crippen molar-refractivity contribution in [3.63, 3.8) is 0 Å². The van der Waals surface area contributed by atoms with E-state index in [-0.39, 0.29) is 18.3 Å². The molecular formula is C12H15N3O3S. The van der Waals surface area contributed by atoms with E-state index in [9.17, 15) is 9.59 Å². The van der Waals surface area contributed by atoms with Crippen LogP contribution in [0.2, 0.25) is 0 Å². The summed E-state index contributed by atoms with van der Waals surface area (Å²) in [6.45, 7) is 3.50. The highest BCUT2D eigenvalue weighted by Gasteiger charge is 2.46. The molecular weight excluding hydrogens is 266 g/mol. The van der Waals surface area contributed by atoms with Crippen molar-refractivity contribution in [1.29, 1.82) is 0 Å². The van der Waals surface area contributed by atoms with Crippen LogP contribution in [0.4, 0.5) is 5.13 Å². The molecule has 0 aromatic carbocycles. The molecule has 102 valence electrons. The van der Waals surface area contributed by atoms with Gasteiger partial charge in [-0.05, 0) is 26.7 Å². The van der Waals surface area contributed by atoms with Gasteiger partial charge in [0.05, 0.1) is 12.3 Å². The number of hydrogen-bond donors (Lipinski definition) is 1. The van der Waals surface area contributed by atoms with E-state index < -0.39 is 11.5 Å². The molecule has 0 bridgehead atoms. The number of carbonyl (C=O) groups is 2. The van der Waals surface area contributed by atoms with Gasteiger partial charge in [-0.2, -0.15) is 0 Å². The lowest BCUT2D eigenvalue weighted by atomic mass is 9.90. The summed E-state index contributed by atoms with van der Waals surface area (Å²) in [6, 6.07) is 0. The van der Waals surface area contributed by atoms with Crippen LogP contribution in [0.5, 0.6) is 0 Å². The van der Waals surface area contributed by atoms with E-state index in [1.54, 1.807) is 13.8 Å². The van der Waals surface area contributed by atoms with E-state index in [1.807, 2.05) is 0 Å². The lowest BCUT2D eigenvalue weighted by Gasteiger charge is -2.23. The molecule has 6 nitrogen and oxygen atoms in total. The van der Waals surface area contributed by atoms with Crippen molar-refractivity contribution >= 4 is 28.3 Å². The van der Waals surface area contributed by atoms with Gasteiger partial charge in [0.2, 0.25) is 11.0 Å². The van der Waals surface area contributed by atoms with E-state index in [1.165, 1.54) is 11.3 Å². The number of nitrogens with one attached hydrogen (secondary N) is 1. The fraction of sp³-hybridized carbons (Fsp3) is 0.667. The highest BCUT2D eigenvalue weighted by molar-refractivity contribution is 7.15. The molecule has 1 aliphatic carbocycles. The van der Waals surface area contributed by atoms with Crippen molar-refractivity contribution in [3.8, 4) is 0 Å². The minimum absolute atomic E-state index is 0.118. The molecule has 3 rings (SSSR count). The third-order valence-corrected chi connectivity index (χ3v) is 4.50. The average Bonchev–Trinajstić information content (AvgIpc) is 2.99. The van der Waals surface area contributed by atoms with E-state index in [0.29, 0.717) is 11.0 Å². The van der Waals surface area contributed by atoms with Gasteiger partial charge in [0, 0.05) is 5.92 Å². The maximum absolute atomic E-state index is 12.2. The van der Waals surface area contributed by atoms with Gasteiger partial charge >= 0.3 is 5.97 Å². The van der Waals surface area contributed by atoms with E-state index >= 15 is 0 Å². The number of esters is 1. The SMILES string of the molecule is CC1(C)OC(=O)CC1C(=O)Nc1nnc(C2CC2)s1. The number of hydrogen-bond acceptors (Lipinski definition) is 6. The van der Waals surface area contributed by atoms with E-state index in [2.05, 4.69) is 15.5 Å². The first kappa shape index (κ1) is 12.5. The first-order chi connectivity index (χ1) is 8.95. The van der Waals surface area contributed by atoms with Crippen LogP contribution in [0, 0.1) is 5.92 Å². The zero-order valence-electron chi connectivity index (χ0n) is 10.8. The van der Waals surface area contributed by atoms with Crippen LogP contribution in [0.1, 0.15) is 44.0 Å². The third-order valence-electron chi connectivity index (χ3n) is 3.50. The molecule has 1 aliphatic heterocycles. The van der Waals surface area contributed by atoms with Gasteiger partial charge < -0.3 is 10.1 Å². The van der Waals surface area contributed by atoms with Gasteiger partial charge in [0.1, 0.15) is 10.6 Å². The molecule has 1 unspecified atom stereocenters. The number of ether oxygens (including phenoxy) is 1. The number of carbonyl (C=O) groups excluding carboxylic acids is 2. The molecule has 2 heterocycles. The van der Waals surface area contributed by atoms with Crippen molar-refractivity contribution < 1.29 is 14.3 Å². The number of nitrogens with zero attached hydrogens (tertiary/aromatic N) is 2. The van der Waals surface area contributed by atoms with Gasteiger partial charge in [-0.15, -0.1) is 10.2 Å². The summed E-state index contributed by atoms with van der Waals surface area (Å²) in [5, 5.41) is 12.2. The minimum atomic E-state index is -0.759. The van der Waals surface area contributed by atoms with Gasteiger partial charge in [-0.3, -0.25) is 9.59 Å². The summed E-state index contributed by atoms with van der Waals surface area (Å²) in [4.78, 5) is 23.5. The first-order valence-electron chi connectivity index (χ1n) is 6.32. The molecule has 1 N–H and O–H groups in total.